The molecule has 0 aliphatic heterocycles. The number of hydrogen-bond acceptors (Lipinski definition) is 3. The third kappa shape index (κ3) is 3.91. The maximum Gasteiger partial charge on any atom is 0.258 e. The monoisotopic (exact) mass is 438 g/mol. The Hall–Kier alpha value is -3.11. The van der Waals surface area contributed by atoms with Crippen molar-refractivity contribution in [3.8, 4) is 11.3 Å². The van der Waals surface area contributed by atoms with Crippen LogP contribution in [0.4, 0.5) is 0 Å². The summed E-state index contributed by atoms with van der Waals surface area (Å²) >= 11 is 1.63. The molecule has 0 radical (unpaired) electrons. The molecular weight excluding hydrogens is 412 g/mol. The molecule has 4 heteroatoms. The molecule has 0 N–H and O–H groups in total. The van der Waals surface area contributed by atoms with Crippen molar-refractivity contribution in [2.75, 3.05) is 0 Å². The van der Waals surface area contributed by atoms with Crippen molar-refractivity contribution in [1.29, 1.82) is 0 Å². The average Bonchev–Trinajstić information content (AvgIpc) is 2.80. The second kappa shape index (κ2) is 8.44. The number of rotatable bonds is 5. The van der Waals surface area contributed by atoms with E-state index >= 15 is 0 Å². The molecule has 1 aliphatic rings. The van der Waals surface area contributed by atoms with Crippen LogP contribution < -0.4 is 5.56 Å². The van der Waals surface area contributed by atoms with E-state index in [1.165, 1.54) is 11.1 Å². The van der Waals surface area contributed by atoms with E-state index in [1.807, 2.05) is 47.0 Å². The zero-order chi connectivity index (χ0) is 22.1. The fraction of sp³-hybridized carbons (Fsp3) is 0.214. The number of fused-ring (bicyclic) bond motifs is 3. The van der Waals surface area contributed by atoms with E-state index in [0.29, 0.717) is 6.54 Å². The van der Waals surface area contributed by atoms with Gasteiger partial charge in [-0.2, -0.15) is 0 Å². The van der Waals surface area contributed by atoms with Gasteiger partial charge in [-0.15, -0.1) is 0 Å². The highest BCUT2D eigenvalue weighted by atomic mass is 32.2. The number of hydrogen-bond donors (Lipinski definition) is 0. The van der Waals surface area contributed by atoms with Crippen molar-refractivity contribution in [3.63, 3.8) is 0 Å². The van der Waals surface area contributed by atoms with E-state index in [0.717, 1.165) is 39.7 Å². The van der Waals surface area contributed by atoms with Gasteiger partial charge in [-0.3, -0.25) is 9.36 Å². The van der Waals surface area contributed by atoms with Gasteiger partial charge in [0.1, 0.15) is 0 Å². The van der Waals surface area contributed by atoms with Crippen LogP contribution in [0, 0.1) is 0 Å². The number of benzene rings is 3. The first-order valence-electron chi connectivity index (χ1n) is 11.0. The molecule has 3 aromatic carbocycles. The Kier molecular flexibility index (Phi) is 5.48. The van der Waals surface area contributed by atoms with E-state index < -0.39 is 0 Å². The summed E-state index contributed by atoms with van der Waals surface area (Å²) in [5, 5.41) is 0.772. The molecule has 3 nitrogen and oxygen atoms in total. The lowest BCUT2D eigenvalue weighted by Gasteiger charge is -2.33. The van der Waals surface area contributed by atoms with Crippen LogP contribution >= 0.6 is 11.8 Å². The van der Waals surface area contributed by atoms with Crippen molar-refractivity contribution >= 4 is 11.8 Å². The van der Waals surface area contributed by atoms with Gasteiger partial charge in [0.2, 0.25) is 0 Å². The highest BCUT2D eigenvalue weighted by Gasteiger charge is 2.36. The SMILES string of the molecule is CC1(C)Cc2ccccc2-c2nc(SCc3ccccc3)n(Cc3ccccc3)c(=O)c21. The van der Waals surface area contributed by atoms with Gasteiger partial charge >= 0.3 is 0 Å². The lowest BCUT2D eigenvalue weighted by molar-refractivity contribution is 0.489. The first-order chi connectivity index (χ1) is 15.5. The van der Waals surface area contributed by atoms with Crippen molar-refractivity contribution in [1.82, 2.24) is 9.55 Å². The van der Waals surface area contributed by atoms with E-state index in [9.17, 15) is 4.79 Å². The van der Waals surface area contributed by atoms with Gasteiger partial charge in [0.25, 0.3) is 5.56 Å². The Morgan fingerprint density at radius 3 is 2.22 bits per heavy atom. The molecule has 0 amide bonds. The van der Waals surface area contributed by atoms with Gasteiger partial charge in [-0.1, -0.05) is 111 Å². The molecule has 5 rings (SSSR count). The van der Waals surface area contributed by atoms with Gasteiger partial charge in [0, 0.05) is 22.3 Å². The molecule has 160 valence electrons. The molecule has 0 unspecified atom stereocenters. The average molecular weight is 439 g/mol. The molecule has 0 saturated heterocycles. The molecule has 1 heterocycles. The maximum atomic E-state index is 14.0. The molecule has 0 atom stereocenters. The Balaban J connectivity index is 1.67. The van der Waals surface area contributed by atoms with Crippen LogP contribution in [0.1, 0.15) is 36.1 Å². The van der Waals surface area contributed by atoms with Crippen molar-refractivity contribution in [3.05, 3.63) is 118 Å². The maximum absolute atomic E-state index is 14.0. The minimum Gasteiger partial charge on any atom is -0.283 e. The third-order valence-corrected chi connectivity index (χ3v) is 7.16. The predicted molar refractivity (Wildman–Crippen MR) is 132 cm³/mol. The molecule has 0 spiro atoms. The standard InChI is InChI=1S/C28H26N2OS/c1-28(2)17-22-15-9-10-16-23(22)25-24(28)26(31)30(18-20-11-5-3-6-12-20)27(29-25)32-19-21-13-7-4-8-14-21/h3-16H,17-19H2,1-2H3. The minimum atomic E-state index is -0.269. The van der Waals surface area contributed by atoms with Gasteiger partial charge in [-0.05, 0) is 23.1 Å². The van der Waals surface area contributed by atoms with Gasteiger partial charge in [0.05, 0.1) is 12.2 Å². The molecule has 4 aromatic rings. The zero-order valence-corrected chi connectivity index (χ0v) is 19.2. The number of nitrogens with zero attached hydrogens (tertiary/aromatic N) is 2. The molecule has 1 aromatic heterocycles. The molecule has 32 heavy (non-hydrogen) atoms. The van der Waals surface area contributed by atoms with Crippen LogP contribution in [0.5, 0.6) is 0 Å². The van der Waals surface area contributed by atoms with Crippen LogP contribution in [-0.2, 0) is 24.1 Å². The van der Waals surface area contributed by atoms with Crippen molar-refractivity contribution in [2.45, 2.75) is 43.1 Å². The van der Waals surface area contributed by atoms with E-state index in [4.69, 9.17) is 4.98 Å². The first-order valence-corrected chi connectivity index (χ1v) is 12.0. The predicted octanol–water partition coefficient (Wildman–Crippen LogP) is 6.08. The highest BCUT2D eigenvalue weighted by Crippen LogP contribution is 2.41. The van der Waals surface area contributed by atoms with Gasteiger partial charge in [-0.25, -0.2) is 4.98 Å². The fourth-order valence-electron chi connectivity index (χ4n) is 4.55. The first kappa shape index (κ1) is 20.8. The summed E-state index contributed by atoms with van der Waals surface area (Å²) in [4.78, 5) is 19.1. The zero-order valence-electron chi connectivity index (χ0n) is 18.4. The number of thioether (sulfide) groups is 1. The molecular formula is C28H26N2OS. The van der Waals surface area contributed by atoms with Gasteiger partial charge in [0.15, 0.2) is 5.16 Å². The largest absolute Gasteiger partial charge is 0.283 e. The topological polar surface area (TPSA) is 34.9 Å². The Morgan fingerprint density at radius 1 is 0.875 bits per heavy atom. The summed E-state index contributed by atoms with van der Waals surface area (Å²) in [7, 11) is 0. The summed E-state index contributed by atoms with van der Waals surface area (Å²) in [5.41, 5.74) is 6.16. The molecule has 0 fully saturated rings. The van der Waals surface area contributed by atoms with E-state index in [1.54, 1.807) is 11.8 Å². The summed E-state index contributed by atoms with van der Waals surface area (Å²) < 4.78 is 1.87. The van der Waals surface area contributed by atoms with E-state index in [-0.39, 0.29) is 11.0 Å². The lowest BCUT2D eigenvalue weighted by Crippen LogP contribution is -2.38. The van der Waals surface area contributed by atoms with Gasteiger partial charge < -0.3 is 0 Å². The van der Waals surface area contributed by atoms with Crippen LogP contribution in [0.25, 0.3) is 11.3 Å². The molecule has 0 saturated carbocycles. The lowest BCUT2D eigenvalue weighted by atomic mass is 9.72. The molecule has 0 bridgehead atoms. The Bertz CT molecular complexity index is 1310. The smallest absolute Gasteiger partial charge is 0.258 e. The summed E-state index contributed by atoms with van der Waals surface area (Å²) in [6.45, 7) is 4.85. The normalized spacial score (nSPS) is 13.9. The van der Waals surface area contributed by atoms with Crippen molar-refractivity contribution < 1.29 is 0 Å². The Labute approximate surface area is 193 Å². The summed E-state index contributed by atoms with van der Waals surface area (Å²) in [6, 6.07) is 28.9. The minimum absolute atomic E-state index is 0.0777. The second-order valence-electron chi connectivity index (χ2n) is 8.99. The summed E-state index contributed by atoms with van der Waals surface area (Å²) in [6.07, 6.45) is 0.842. The quantitative estimate of drug-likeness (QED) is 0.280. The Morgan fingerprint density at radius 2 is 1.50 bits per heavy atom. The third-order valence-electron chi connectivity index (χ3n) is 6.11. The summed E-state index contributed by atoms with van der Waals surface area (Å²) in [5.74, 6) is 0.770. The van der Waals surface area contributed by atoms with Crippen LogP contribution in [0.3, 0.4) is 0 Å². The highest BCUT2D eigenvalue weighted by molar-refractivity contribution is 7.98. The van der Waals surface area contributed by atoms with Crippen molar-refractivity contribution in [2.24, 2.45) is 0 Å². The van der Waals surface area contributed by atoms with Crippen LogP contribution in [-0.4, -0.2) is 9.55 Å². The van der Waals surface area contributed by atoms with Crippen LogP contribution in [0.15, 0.2) is 94.9 Å². The van der Waals surface area contributed by atoms with E-state index in [2.05, 4.69) is 56.3 Å². The second-order valence-corrected chi connectivity index (χ2v) is 9.93. The number of aromatic nitrogens is 2. The molecule has 1 aliphatic carbocycles. The van der Waals surface area contributed by atoms with Crippen LogP contribution in [0.2, 0.25) is 0 Å². The fourth-order valence-corrected chi connectivity index (χ4v) is 5.49.